The van der Waals surface area contributed by atoms with E-state index >= 15 is 0 Å². The number of hydrogen-bond acceptors (Lipinski definition) is 2. The minimum Gasteiger partial charge on any atom is -0.352 e. The molecule has 0 radical (unpaired) electrons. The van der Waals surface area contributed by atoms with E-state index in [0.29, 0.717) is 12.5 Å². The van der Waals surface area contributed by atoms with Crippen LogP contribution in [0, 0.1) is 17.8 Å². The first-order valence-electron chi connectivity index (χ1n) is 6.49. The van der Waals surface area contributed by atoms with Gasteiger partial charge in [-0.3, -0.25) is 9.78 Å². The molecule has 1 amide bonds. The Balaban J connectivity index is 1.54. The predicted molar refractivity (Wildman–Crippen MR) is 65.0 cm³/mol. The summed E-state index contributed by atoms with van der Waals surface area (Å²) in [6.45, 7) is 0.634. The van der Waals surface area contributed by atoms with E-state index < -0.39 is 0 Å². The van der Waals surface area contributed by atoms with Gasteiger partial charge >= 0.3 is 0 Å². The number of rotatable bonds is 3. The van der Waals surface area contributed by atoms with Crippen LogP contribution < -0.4 is 5.32 Å². The average Bonchev–Trinajstić information content (AvgIpc) is 2.99. The SMILES string of the molecule is O=C(NCc1ccncc1)C1CC2CCC1C2. The first-order chi connectivity index (χ1) is 8.33. The van der Waals surface area contributed by atoms with Crippen LogP contribution in [0.15, 0.2) is 24.5 Å². The molecular weight excluding hydrogens is 212 g/mol. The minimum atomic E-state index is 0.258. The van der Waals surface area contributed by atoms with Crippen molar-refractivity contribution in [2.45, 2.75) is 32.2 Å². The van der Waals surface area contributed by atoms with E-state index in [4.69, 9.17) is 0 Å². The number of carbonyl (C=O) groups excluding carboxylic acids is 1. The van der Waals surface area contributed by atoms with Gasteiger partial charge in [0.2, 0.25) is 5.91 Å². The van der Waals surface area contributed by atoms with Crippen LogP contribution in [0.1, 0.15) is 31.2 Å². The first kappa shape index (κ1) is 10.8. The molecule has 0 saturated heterocycles. The summed E-state index contributed by atoms with van der Waals surface area (Å²) in [5.74, 6) is 2.04. The Labute approximate surface area is 102 Å². The Bertz CT molecular complexity index is 404. The molecule has 3 unspecified atom stereocenters. The second-order valence-corrected chi connectivity index (χ2v) is 5.35. The molecule has 3 heteroatoms. The van der Waals surface area contributed by atoms with Crippen molar-refractivity contribution in [3.05, 3.63) is 30.1 Å². The highest BCUT2D eigenvalue weighted by Crippen LogP contribution is 2.48. The lowest BCUT2D eigenvalue weighted by Crippen LogP contribution is -2.33. The molecule has 0 aromatic carbocycles. The van der Waals surface area contributed by atoms with Crippen LogP contribution in [0.3, 0.4) is 0 Å². The van der Waals surface area contributed by atoms with Crippen LogP contribution in [0.5, 0.6) is 0 Å². The zero-order chi connectivity index (χ0) is 11.7. The Morgan fingerprint density at radius 1 is 1.29 bits per heavy atom. The fraction of sp³-hybridized carbons (Fsp3) is 0.571. The van der Waals surface area contributed by atoms with Gasteiger partial charge in [0, 0.05) is 24.9 Å². The summed E-state index contributed by atoms with van der Waals surface area (Å²) in [5, 5.41) is 3.06. The summed E-state index contributed by atoms with van der Waals surface area (Å²) in [7, 11) is 0. The molecule has 1 aromatic rings. The van der Waals surface area contributed by atoms with Crippen LogP contribution in [0.2, 0.25) is 0 Å². The predicted octanol–water partition coefficient (Wildman–Crippen LogP) is 2.13. The van der Waals surface area contributed by atoms with Gasteiger partial charge < -0.3 is 5.32 Å². The smallest absolute Gasteiger partial charge is 0.223 e. The third-order valence-corrected chi connectivity index (χ3v) is 4.29. The fourth-order valence-corrected chi connectivity index (χ4v) is 3.39. The molecule has 0 aliphatic heterocycles. The Morgan fingerprint density at radius 3 is 2.76 bits per heavy atom. The molecule has 2 fully saturated rings. The number of pyridine rings is 1. The van der Waals surface area contributed by atoms with E-state index in [1.807, 2.05) is 12.1 Å². The molecule has 2 aliphatic carbocycles. The lowest BCUT2D eigenvalue weighted by atomic mass is 9.88. The minimum absolute atomic E-state index is 0.258. The number of amides is 1. The summed E-state index contributed by atoms with van der Waals surface area (Å²) in [6, 6.07) is 3.89. The summed E-state index contributed by atoms with van der Waals surface area (Å²) in [6.07, 6.45) is 8.54. The molecular formula is C14H18N2O. The van der Waals surface area contributed by atoms with Crippen LogP contribution >= 0.6 is 0 Å². The van der Waals surface area contributed by atoms with Crippen molar-refractivity contribution in [1.82, 2.24) is 10.3 Å². The van der Waals surface area contributed by atoms with Gasteiger partial charge in [-0.25, -0.2) is 0 Å². The fourth-order valence-electron chi connectivity index (χ4n) is 3.39. The van der Waals surface area contributed by atoms with Crippen LogP contribution in [-0.2, 0) is 11.3 Å². The Morgan fingerprint density at radius 2 is 2.12 bits per heavy atom. The second-order valence-electron chi connectivity index (χ2n) is 5.35. The molecule has 1 N–H and O–H groups in total. The van der Waals surface area contributed by atoms with Gasteiger partial charge in [0.05, 0.1) is 0 Å². The van der Waals surface area contributed by atoms with E-state index in [1.54, 1.807) is 12.4 Å². The number of hydrogen-bond donors (Lipinski definition) is 1. The molecule has 3 rings (SSSR count). The Kier molecular flexibility index (Phi) is 2.83. The van der Waals surface area contributed by atoms with E-state index in [-0.39, 0.29) is 11.8 Å². The third-order valence-electron chi connectivity index (χ3n) is 4.29. The highest BCUT2D eigenvalue weighted by molar-refractivity contribution is 5.79. The zero-order valence-corrected chi connectivity index (χ0v) is 9.93. The van der Waals surface area contributed by atoms with Gasteiger partial charge in [-0.2, -0.15) is 0 Å². The van der Waals surface area contributed by atoms with Crippen molar-refractivity contribution < 1.29 is 4.79 Å². The summed E-state index contributed by atoms with van der Waals surface area (Å²) < 4.78 is 0. The maximum atomic E-state index is 12.1. The number of fused-ring (bicyclic) bond motifs is 2. The molecule has 2 aliphatic rings. The van der Waals surface area contributed by atoms with E-state index in [9.17, 15) is 4.79 Å². The van der Waals surface area contributed by atoms with Crippen LogP contribution in [0.4, 0.5) is 0 Å². The molecule has 3 atom stereocenters. The summed E-state index contributed by atoms with van der Waals surface area (Å²) >= 11 is 0. The van der Waals surface area contributed by atoms with E-state index in [0.717, 1.165) is 17.9 Å². The van der Waals surface area contributed by atoms with Crippen LogP contribution in [-0.4, -0.2) is 10.9 Å². The van der Waals surface area contributed by atoms with E-state index in [2.05, 4.69) is 10.3 Å². The van der Waals surface area contributed by atoms with Crippen molar-refractivity contribution in [1.29, 1.82) is 0 Å². The van der Waals surface area contributed by atoms with Gasteiger partial charge in [0.15, 0.2) is 0 Å². The topological polar surface area (TPSA) is 42.0 Å². The monoisotopic (exact) mass is 230 g/mol. The van der Waals surface area contributed by atoms with Gasteiger partial charge in [-0.05, 0) is 48.8 Å². The van der Waals surface area contributed by atoms with Crippen molar-refractivity contribution in [3.63, 3.8) is 0 Å². The molecule has 90 valence electrons. The van der Waals surface area contributed by atoms with Crippen molar-refractivity contribution in [2.24, 2.45) is 17.8 Å². The molecule has 17 heavy (non-hydrogen) atoms. The first-order valence-corrected chi connectivity index (χ1v) is 6.49. The van der Waals surface area contributed by atoms with Gasteiger partial charge in [0.25, 0.3) is 0 Å². The Hall–Kier alpha value is -1.38. The van der Waals surface area contributed by atoms with Crippen molar-refractivity contribution in [2.75, 3.05) is 0 Å². The maximum absolute atomic E-state index is 12.1. The highest BCUT2D eigenvalue weighted by atomic mass is 16.1. The van der Waals surface area contributed by atoms with Gasteiger partial charge in [-0.1, -0.05) is 6.42 Å². The largest absolute Gasteiger partial charge is 0.352 e. The lowest BCUT2D eigenvalue weighted by Gasteiger charge is -2.20. The van der Waals surface area contributed by atoms with Gasteiger partial charge in [0.1, 0.15) is 0 Å². The van der Waals surface area contributed by atoms with Crippen LogP contribution in [0.25, 0.3) is 0 Å². The molecule has 2 saturated carbocycles. The molecule has 3 nitrogen and oxygen atoms in total. The van der Waals surface area contributed by atoms with Gasteiger partial charge in [-0.15, -0.1) is 0 Å². The number of carbonyl (C=O) groups is 1. The third kappa shape index (κ3) is 2.19. The quantitative estimate of drug-likeness (QED) is 0.864. The zero-order valence-electron chi connectivity index (χ0n) is 9.93. The van der Waals surface area contributed by atoms with Crippen molar-refractivity contribution >= 4 is 5.91 Å². The number of nitrogens with one attached hydrogen (secondary N) is 1. The average molecular weight is 230 g/mol. The molecule has 2 bridgehead atoms. The highest BCUT2D eigenvalue weighted by Gasteiger charge is 2.42. The number of nitrogens with zero attached hydrogens (tertiary/aromatic N) is 1. The van der Waals surface area contributed by atoms with E-state index in [1.165, 1.54) is 19.3 Å². The summed E-state index contributed by atoms with van der Waals surface area (Å²) in [4.78, 5) is 16.1. The number of aromatic nitrogens is 1. The molecule has 1 heterocycles. The van der Waals surface area contributed by atoms with Crippen molar-refractivity contribution in [3.8, 4) is 0 Å². The lowest BCUT2D eigenvalue weighted by molar-refractivity contribution is -0.126. The maximum Gasteiger partial charge on any atom is 0.223 e. The summed E-state index contributed by atoms with van der Waals surface area (Å²) in [5.41, 5.74) is 1.12. The molecule has 1 aromatic heterocycles. The molecule has 0 spiro atoms. The standard InChI is InChI=1S/C14H18N2O/c17-14(13-8-11-1-2-12(13)7-11)16-9-10-3-5-15-6-4-10/h3-6,11-13H,1-2,7-9H2,(H,16,17). The second kappa shape index (κ2) is 4.47. The normalized spacial score (nSPS) is 30.5.